The standard InChI is InChI=1S/C20H23N3O2/c1-14(2)13-21-20(25)22-17-8-5-7-16(12-17)19(24)23-11-10-15-6-3-4-9-18(15)23/h3-9,12,14H,10-11,13H2,1-2H3,(H2,21,22,25). The predicted molar refractivity (Wildman–Crippen MR) is 100 cm³/mol. The van der Waals surface area contributed by atoms with Gasteiger partial charge in [0.2, 0.25) is 0 Å². The second-order valence-corrected chi connectivity index (χ2v) is 6.65. The van der Waals surface area contributed by atoms with Crippen molar-refractivity contribution in [3.63, 3.8) is 0 Å². The molecule has 130 valence electrons. The summed E-state index contributed by atoms with van der Waals surface area (Å²) in [5.74, 6) is 0.338. The number of rotatable bonds is 4. The lowest BCUT2D eigenvalue weighted by atomic mass is 10.1. The molecule has 1 aliphatic rings. The number of carbonyl (C=O) groups is 2. The van der Waals surface area contributed by atoms with E-state index in [-0.39, 0.29) is 11.9 Å². The maximum absolute atomic E-state index is 12.9. The highest BCUT2D eigenvalue weighted by molar-refractivity contribution is 6.08. The zero-order valence-corrected chi connectivity index (χ0v) is 14.6. The SMILES string of the molecule is CC(C)CNC(=O)Nc1cccc(C(=O)N2CCc3ccccc32)c1. The molecule has 3 rings (SSSR count). The fraction of sp³-hybridized carbons (Fsp3) is 0.300. The highest BCUT2D eigenvalue weighted by Crippen LogP contribution is 2.29. The Kier molecular flexibility index (Phi) is 5.03. The number of anilines is 2. The molecule has 0 saturated carbocycles. The van der Waals surface area contributed by atoms with E-state index in [0.717, 1.165) is 12.1 Å². The Balaban J connectivity index is 1.71. The van der Waals surface area contributed by atoms with Gasteiger partial charge in [0.15, 0.2) is 0 Å². The molecular formula is C20H23N3O2. The number of fused-ring (bicyclic) bond motifs is 1. The largest absolute Gasteiger partial charge is 0.338 e. The quantitative estimate of drug-likeness (QED) is 0.894. The number of hydrogen-bond donors (Lipinski definition) is 2. The van der Waals surface area contributed by atoms with Crippen LogP contribution in [-0.2, 0) is 6.42 Å². The number of nitrogens with zero attached hydrogens (tertiary/aromatic N) is 1. The number of amides is 3. The molecule has 0 radical (unpaired) electrons. The minimum atomic E-state index is -0.259. The summed E-state index contributed by atoms with van der Waals surface area (Å²) in [6.45, 7) is 5.36. The number of para-hydroxylation sites is 1. The van der Waals surface area contributed by atoms with Crippen LogP contribution in [0.4, 0.5) is 16.2 Å². The van der Waals surface area contributed by atoms with Gasteiger partial charge in [-0.3, -0.25) is 4.79 Å². The Bertz CT molecular complexity index is 786. The van der Waals surface area contributed by atoms with Gasteiger partial charge in [0.1, 0.15) is 0 Å². The van der Waals surface area contributed by atoms with Crippen molar-refractivity contribution in [1.29, 1.82) is 0 Å². The molecule has 1 aliphatic heterocycles. The van der Waals surface area contributed by atoms with Gasteiger partial charge in [-0.05, 0) is 42.2 Å². The van der Waals surface area contributed by atoms with Crippen molar-refractivity contribution < 1.29 is 9.59 Å². The molecule has 0 aromatic heterocycles. The molecule has 2 aromatic carbocycles. The Morgan fingerprint density at radius 2 is 1.92 bits per heavy atom. The van der Waals surface area contributed by atoms with Gasteiger partial charge in [-0.2, -0.15) is 0 Å². The van der Waals surface area contributed by atoms with Gasteiger partial charge in [-0.1, -0.05) is 38.1 Å². The maximum Gasteiger partial charge on any atom is 0.319 e. The molecule has 0 bridgehead atoms. The van der Waals surface area contributed by atoms with Crippen molar-refractivity contribution in [2.75, 3.05) is 23.3 Å². The van der Waals surface area contributed by atoms with Crippen LogP contribution in [0.1, 0.15) is 29.8 Å². The number of nitrogens with one attached hydrogen (secondary N) is 2. The monoisotopic (exact) mass is 337 g/mol. The fourth-order valence-electron chi connectivity index (χ4n) is 2.91. The number of benzene rings is 2. The van der Waals surface area contributed by atoms with Crippen LogP contribution >= 0.6 is 0 Å². The average Bonchev–Trinajstić information content (AvgIpc) is 3.03. The van der Waals surface area contributed by atoms with Crippen molar-refractivity contribution in [2.24, 2.45) is 5.92 Å². The zero-order valence-electron chi connectivity index (χ0n) is 14.6. The molecule has 0 atom stereocenters. The molecule has 0 aliphatic carbocycles. The summed E-state index contributed by atoms with van der Waals surface area (Å²) in [5.41, 5.74) is 3.34. The summed E-state index contributed by atoms with van der Waals surface area (Å²) in [4.78, 5) is 26.6. The predicted octanol–water partition coefficient (Wildman–Crippen LogP) is 3.67. The van der Waals surface area contributed by atoms with E-state index in [1.165, 1.54) is 5.56 Å². The summed E-state index contributed by atoms with van der Waals surface area (Å²) < 4.78 is 0. The number of hydrogen-bond acceptors (Lipinski definition) is 2. The molecule has 2 N–H and O–H groups in total. The Morgan fingerprint density at radius 1 is 1.12 bits per heavy atom. The van der Waals surface area contributed by atoms with E-state index in [1.54, 1.807) is 29.2 Å². The van der Waals surface area contributed by atoms with Crippen LogP contribution in [0.3, 0.4) is 0 Å². The number of urea groups is 1. The van der Waals surface area contributed by atoms with E-state index in [2.05, 4.69) is 16.7 Å². The van der Waals surface area contributed by atoms with Crippen LogP contribution in [0.5, 0.6) is 0 Å². The van der Waals surface area contributed by atoms with Gasteiger partial charge in [0, 0.05) is 30.0 Å². The van der Waals surface area contributed by atoms with Gasteiger partial charge < -0.3 is 15.5 Å². The summed E-state index contributed by atoms with van der Waals surface area (Å²) in [5, 5.41) is 5.58. The summed E-state index contributed by atoms with van der Waals surface area (Å²) in [6, 6.07) is 14.8. The molecule has 2 aromatic rings. The van der Waals surface area contributed by atoms with Crippen molar-refractivity contribution in [3.05, 3.63) is 59.7 Å². The summed E-state index contributed by atoms with van der Waals surface area (Å²) in [7, 11) is 0. The zero-order chi connectivity index (χ0) is 17.8. The van der Waals surface area contributed by atoms with Crippen LogP contribution in [0, 0.1) is 5.92 Å². The Morgan fingerprint density at radius 3 is 2.72 bits per heavy atom. The molecule has 25 heavy (non-hydrogen) atoms. The highest BCUT2D eigenvalue weighted by atomic mass is 16.2. The third kappa shape index (κ3) is 3.99. The van der Waals surface area contributed by atoms with Crippen LogP contribution in [0.25, 0.3) is 0 Å². The van der Waals surface area contributed by atoms with Gasteiger partial charge in [-0.25, -0.2) is 4.79 Å². The van der Waals surface area contributed by atoms with Gasteiger partial charge in [-0.15, -0.1) is 0 Å². The van der Waals surface area contributed by atoms with Gasteiger partial charge in [0.05, 0.1) is 0 Å². The lowest BCUT2D eigenvalue weighted by Gasteiger charge is -2.18. The van der Waals surface area contributed by atoms with Crippen molar-refractivity contribution in [3.8, 4) is 0 Å². The second kappa shape index (κ2) is 7.38. The van der Waals surface area contributed by atoms with Crippen LogP contribution in [0.2, 0.25) is 0 Å². The first-order valence-electron chi connectivity index (χ1n) is 8.59. The molecular weight excluding hydrogens is 314 g/mol. The molecule has 0 spiro atoms. The van der Waals surface area contributed by atoms with Crippen molar-refractivity contribution in [1.82, 2.24) is 5.32 Å². The molecule has 1 heterocycles. The molecule has 3 amide bonds. The van der Waals surface area contributed by atoms with E-state index in [0.29, 0.717) is 30.3 Å². The van der Waals surface area contributed by atoms with E-state index >= 15 is 0 Å². The third-order valence-electron chi connectivity index (χ3n) is 4.17. The van der Waals surface area contributed by atoms with Crippen LogP contribution in [-0.4, -0.2) is 25.0 Å². The molecule has 0 unspecified atom stereocenters. The minimum absolute atomic E-state index is 0.0452. The van der Waals surface area contributed by atoms with E-state index in [1.807, 2.05) is 32.0 Å². The molecule has 0 fully saturated rings. The summed E-state index contributed by atoms with van der Waals surface area (Å²) >= 11 is 0. The van der Waals surface area contributed by atoms with Crippen LogP contribution < -0.4 is 15.5 Å². The summed E-state index contributed by atoms with van der Waals surface area (Å²) in [6.07, 6.45) is 0.872. The molecule has 0 saturated heterocycles. The third-order valence-corrected chi connectivity index (χ3v) is 4.17. The lowest BCUT2D eigenvalue weighted by molar-refractivity contribution is 0.0989. The van der Waals surface area contributed by atoms with Gasteiger partial charge >= 0.3 is 6.03 Å². The second-order valence-electron chi connectivity index (χ2n) is 6.65. The fourth-order valence-corrected chi connectivity index (χ4v) is 2.91. The van der Waals surface area contributed by atoms with E-state index in [4.69, 9.17) is 0 Å². The first-order chi connectivity index (χ1) is 12.0. The van der Waals surface area contributed by atoms with E-state index < -0.39 is 0 Å². The van der Waals surface area contributed by atoms with Gasteiger partial charge in [0.25, 0.3) is 5.91 Å². The Labute approximate surface area is 148 Å². The first kappa shape index (κ1) is 17.0. The first-order valence-corrected chi connectivity index (χ1v) is 8.59. The lowest BCUT2D eigenvalue weighted by Crippen LogP contribution is -2.32. The number of carbonyl (C=O) groups excluding carboxylic acids is 2. The average molecular weight is 337 g/mol. The van der Waals surface area contributed by atoms with Crippen molar-refractivity contribution in [2.45, 2.75) is 20.3 Å². The molecule has 5 heteroatoms. The smallest absolute Gasteiger partial charge is 0.319 e. The normalized spacial score (nSPS) is 12.8. The highest BCUT2D eigenvalue weighted by Gasteiger charge is 2.25. The maximum atomic E-state index is 12.9. The van der Waals surface area contributed by atoms with Crippen LogP contribution in [0.15, 0.2) is 48.5 Å². The van der Waals surface area contributed by atoms with E-state index in [9.17, 15) is 9.59 Å². The van der Waals surface area contributed by atoms with Crippen molar-refractivity contribution >= 4 is 23.3 Å². The molecule has 5 nitrogen and oxygen atoms in total. The topological polar surface area (TPSA) is 61.4 Å². The minimum Gasteiger partial charge on any atom is -0.338 e. The Hall–Kier alpha value is -2.82.